The zero-order valence-corrected chi connectivity index (χ0v) is 15.4. The summed E-state index contributed by atoms with van der Waals surface area (Å²) in [7, 11) is 0. The van der Waals surface area contributed by atoms with Crippen LogP contribution in [0.1, 0.15) is 27.2 Å². The van der Waals surface area contributed by atoms with E-state index < -0.39 is 12.1 Å². The van der Waals surface area contributed by atoms with Crippen molar-refractivity contribution in [3.05, 3.63) is 27.1 Å². The topological polar surface area (TPSA) is 49.4 Å². The van der Waals surface area contributed by atoms with Crippen molar-refractivity contribution in [3.8, 4) is 0 Å². The highest BCUT2D eigenvalue weighted by Gasteiger charge is 2.41. The van der Waals surface area contributed by atoms with Crippen LogP contribution in [0.4, 0.5) is 5.69 Å². The molecule has 0 spiro atoms. The summed E-state index contributed by atoms with van der Waals surface area (Å²) in [6.45, 7) is 5.74. The summed E-state index contributed by atoms with van der Waals surface area (Å²) in [6.07, 6.45) is 0.834. The van der Waals surface area contributed by atoms with E-state index >= 15 is 0 Å². The Labute approximate surface area is 141 Å². The second kappa shape index (κ2) is 6.48. The van der Waals surface area contributed by atoms with Crippen molar-refractivity contribution in [2.24, 2.45) is 5.92 Å². The molecule has 114 valence electrons. The minimum atomic E-state index is -0.518. The number of carbonyl (C=O) groups is 2. The predicted octanol–water partition coefficient (Wildman–Crippen LogP) is 3.48. The largest absolute Gasteiger partial charge is 0.342 e. The first-order chi connectivity index (χ1) is 9.86. The molecule has 0 bridgehead atoms. The van der Waals surface area contributed by atoms with Gasteiger partial charge in [0.05, 0.1) is 5.69 Å². The first-order valence-electron chi connectivity index (χ1n) is 6.95. The van der Waals surface area contributed by atoms with Crippen LogP contribution in [0.3, 0.4) is 0 Å². The van der Waals surface area contributed by atoms with Gasteiger partial charge in [-0.2, -0.15) is 0 Å². The maximum atomic E-state index is 12.8. The molecule has 1 heterocycles. The molecule has 0 aliphatic carbocycles. The van der Waals surface area contributed by atoms with Crippen molar-refractivity contribution < 1.29 is 9.59 Å². The van der Waals surface area contributed by atoms with Gasteiger partial charge in [0.25, 0.3) is 5.91 Å². The number of benzene rings is 1. The molecule has 3 atom stereocenters. The first-order valence-corrected chi connectivity index (χ1v) is 8.54. The number of hydrogen-bond acceptors (Lipinski definition) is 2. The minimum absolute atomic E-state index is 0.0560. The number of hydrogen-bond donors (Lipinski definition) is 1. The van der Waals surface area contributed by atoms with Crippen LogP contribution in [0.15, 0.2) is 27.1 Å². The van der Waals surface area contributed by atoms with Gasteiger partial charge in [0.15, 0.2) is 0 Å². The normalized spacial score (nSPS) is 24.0. The lowest BCUT2D eigenvalue weighted by Crippen LogP contribution is -2.64. The van der Waals surface area contributed by atoms with E-state index in [1.165, 1.54) is 0 Å². The molecule has 1 fully saturated rings. The van der Waals surface area contributed by atoms with Gasteiger partial charge in [-0.25, -0.2) is 0 Å². The molecule has 21 heavy (non-hydrogen) atoms. The number of nitrogens with one attached hydrogen (secondary N) is 1. The molecule has 0 saturated carbocycles. The molecule has 2 amide bonds. The van der Waals surface area contributed by atoms with Crippen molar-refractivity contribution in [1.29, 1.82) is 0 Å². The Morgan fingerprint density at radius 1 is 1.33 bits per heavy atom. The number of halogens is 2. The van der Waals surface area contributed by atoms with Crippen LogP contribution in [0.25, 0.3) is 0 Å². The van der Waals surface area contributed by atoms with Crippen molar-refractivity contribution in [2.75, 3.05) is 4.90 Å². The van der Waals surface area contributed by atoms with E-state index in [2.05, 4.69) is 37.2 Å². The van der Waals surface area contributed by atoms with E-state index in [1.807, 2.05) is 32.0 Å². The number of rotatable bonds is 3. The fourth-order valence-corrected chi connectivity index (χ4v) is 3.66. The highest BCUT2D eigenvalue weighted by Crippen LogP contribution is 2.33. The van der Waals surface area contributed by atoms with Crippen molar-refractivity contribution in [2.45, 2.75) is 39.3 Å². The molecule has 4 nitrogen and oxygen atoms in total. The number of nitrogens with zero attached hydrogens (tertiary/aromatic N) is 1. The van der Waals surface area contributed by atoms with Gasteiger partial charge < -0.3 is 5.32 Å². The van der Waals surface area contributed by atoms with Gasteiger partial charge in [-0.3, -0.25) is 14.5 Å². The summed E-state index contributed by atoms with van der Waals surface area (Å²) in [6, 6.07) is 4.60. The van der Waals surface area contributed by atoms with Gasteiger partial charge >= 0.3 is 0 Å². The monoisotopic (exact) mass is 416 g/mol. The first kappa shape index (κ1) is 16.5. The summed E-state index contributed by atoms with van der Waals surface area (Å²) in [5.41, 5.74) is 0.721. The van der Waals surface area contributed by atoms with E-state index in [1.54, 1.807) is 11.8 Å². The molecule has 1 aromatic rings. The van der Waals surface area contributed by atoms with Crippen LogP contribution in [0.2, 0.25) is 0 Å². The average Bonchev–Trinajstić information content (AvgIpc) is 2.44. The molecule has 2 rings (SSSR count). The molecule has 1 saturated heterocycles. The lowest BCUT2D eigenvalue weighted by Gasteiger charge is -2.39. The Hall–Kier alpha value is -0.880. The Kier molecular flexibility index (Phi) is 5.09. The predicted molar refractivity (Wildman–Crippen MR) is 90.2 cm³/mol. The third kappa shape index (κ3) is 3.16. The fourth-order valence-electron chi connectivity index (χ4n) is 2.42. The molecule has 1 aliphatic heterocycles. The molecule has 1 N–H and O–H groups in total. The van der Waals surface area contributed by atoms with Crippen LogP contribution in [0.5, 0.6) is 0 Å². The summed E-state index contributed by atoms with van der Waals surface area (Å²) in [5, 5.41) is 2.84. The zero-order chi connectivity index (χ0) is 15.7. The summed E-state index contributed by atoms with van der Waals surface area (Å²) in [4.78, 5) is 26.6. The second-order valence-electron chi connectivity index (χ2n) is 5.35. The number of carbonyl (C=O) groups excluding carboxylic acids is 2. The molecular weight excluding hydrogens is 400 g/mol. The van der Waals surface area contributed by atoms with Crippen molar-refractivity contribution in [3.63, 3.8) is 0 Å². The van der Waals surface area contributed by atoms with Gasteiger partial charge in [0.2, 0.25) is 5.91 Å². The van der Waals surface area contributed by atoms with E-state index in [-0.39, 0.29) is 17.7 Å². The summed E-state index contributed by atoms with van der Waals surface area (Å²) >= 11 is 6.87. The third-order valence-corrected chi connectivity index (χ3v) is 5.08. The molecule has 3 unspecified atom stereocenters. The fraction of sp³-hybridized carbons (Fsp3) is 0.467. The van der Waals surface area contributed by atoms with Gasteiger partial charge in [0, 0.05) is 8.95 Å². The Morgan fingerprint density at radius 3 is 2.57 bits per heavy atom. The molecule has 0 aromatic heterocycles. The minimum Gasteiger partial charge on any atom is -0.342 e. The molecule has 0 radical (unpaired) electrons. The van der Waals surface area contributed by atoms with Gasteiger partial charge in [-0.05, 0) is 47.0 Å². The van der Waals surface area contributed by atoms with Gasteiger partial charge in [0.1, 0.15) is 12.1 Å². The zero-order valence-electron chi connectivity index (χ0n) is 12.2. The van der Waals surface area contributed by atoms with E-state index in [0.717, 1.165) is 21.1 Å². The Bertz CT molecular complexity index is 577. The maximum Gasteiger partial charge on any atom is 0.250 e. The third-order valence-electron chi connectivity index (χ3n) is 3.95. The lowest BCUT2D eigenvalue weighted by molar-refractivity contribution is -0.134. The number of piperazine rings is 1. The molecule has 6 heteroatoms. The van der Waals surface area contributed by atoms with Crippen LogP contribution in [-0.4, -0.2) is 23.9 Å². The van der Waals surface area contributed by atoms with Crippen LogP contribution < -0.4 is 10.2 Å². The summed E-state index contributed by atoms with van der Waals surface area (Å²) < 4.78 is 1.70. The Morgan fingerprint density at radius 2 is 2.00 bits per heavy atom. The smallest absolute Gasteiger partial charge is 0.250 e. The van der Waals surface area contributed by atoms with Crippen molar-refractivity contribution >= 4 is 49.4 Å². The Balaban J connectivity index is 2.43. The van der Waals surface area contributed by atoms with Crippen LogP contribution in [0, 0.1) is 5.92 Å². The molecule has 1 aliphatic rings. The SMILES string of the molecule is CCC(C)C1NC(=O)C(C)N(c2ccc(Br)cc2Br)C1=O. The van der Waals surface area contributed by atoms with Crippen LogP contribution >= 0.6 is 31.9 Å². The average molecular weight is 418 g/mol. The van der Waals surface area contributed by atoms with Crippen LogP contribution in [-0.2, 0) is 9.59 Å². The van der Waals surface area contributed by atoms with Crippen molar-refractivity contribution in [1.82, 2.24) is 5.32 Å². The highest BCUT2D eigenvalue weighted by atomic mass is 79.9. The molecular formula is C15H18Br2N2O2. The summed E-state index contributed by atoms with van der Waals surface area (Å²) in [5.74, 6) is -0.0696. The number of anilines is 1. The quantitative estimate of drug-likeness (QED) is 0.818. The maximum absolute atomic E-state index is 12.8. The highest BCUT2D eigenvalue weighted by molar-refractivity contribution is 9.11. The second-order valence-corrected chi connectivity index (χ2v) is 7.12. The van der Waals surface area contributed by atoms with E-state index in [4.69, 9.17) is 0 Å². The van der Waals surface area contributed by atoms with E-state index in [9.17, 15) is 9.59 Å². The lowest BCUT2D eigenvalue weighted by atomic mass is 9.94. The standard InChI is InChI=1S/C15H18Br2N2O2/c1-4-8(2)13-15(21)19(9(3)14(20)18-13)12-6-5-10(16)7-11(12)17/h5-9,13H,4H2,1-3H3,(H,18,20). The van der Waals surface area contributed by atoms with Gasteiger partial charge in [-0.15, -0.1) is 0 Å². The number of amides is 2. The molecule has 1 aromatic carbocycles. The van der Waals surface area contributed by atoms with Gasteiger partial charge in [-0.1, -0.05) is 36.2 Å². The van der Waals surface area contributed by atoms with E-state index in [0.29, 0.717) is 0 Å².